The Labute approximate surface area is 130 Å². The highest BCUT2D eigenvalue weighted by atomic mass is 35.5. The van der Waals surface area contributed by atoms with Gasteiger partial charge in [0.1, 0.15) is 9.75 Å². The second-order valence-electron chi connectivity index (χ2n) is 4.68. The molecular formula is C12H11Cl3N2O3. The van der Waals surface area contributed by atoms with Crippen molar-refractivity contribution in [3.8, 4) is 0 Å². The molecule has 0 radical (unpaired) electrons. The predicted molar refractivity (Wildman–Crippen MR) is 76.0 cm³/mol. The summed E-state index contributed by atoms with van der Waals surface area (Å²) in [6.07, 6.45) is 1.80. The number of amides is 1. The number of anilines is 1. The first kappa shape index (κ1) is 15.4. The lowest BCUT2D eigenvalue weighted by molar-refractivity contribution is -0.152. The maximum absolute atomic E-state index is 11.8. The molecule has 1 heterocycles. The zero-order valence-corrected chi connectivity index (χ0v) is 12.7. The lowest BCUT2D eigenvalue weighted by atomic mass is 10.1. The standard InChI is InChI=1S/C12H11Cl3N2O3/c1-11(6-12(11,14)15)10(19)20-5-8(18)17-7-3-2-4-16-9(7)13/h2-4H,5-6H2,1H3,(H,17,18)/t11-/m1/s1. The average molecular weight is 338 g/mol. The number of nitrogens with zero attached hydrogens (tertiary/aromatic N) is 1. The van der Waals surface area contributed by atoms with E-state index in [0.717, 1.165) is 0 Å². The lowest BCUT2D eigenvalue weighted by Crippen LogP contribution is -2.26. The predicted octanol–water partition coefficient (Wildman–Crippen LogP) is 2.80. The number of pyridine rings is 1. The summed E-state index contributed by atoms with van der Waals surface area (Å²) < 4.78 is 3.78. The Kier molecular flexibility index (Phi) is 4.14. The number of carbonyl (C=O) groups is 2. The van der Waals surface area contributed by atoms with Crippen LogP contribution in [0.1, 0.15) is 13.3 Å². The van der Waals surface area contributed by atoms with Crippen molar-refractivity contribution in [2.75, 3.05) is 11.9 Å². The summed E-state index contributed by atoms with van der Waals surface area (Å²) in [7, 11) is 0. The average Bonchev–Trinajstić information content (AvgIpc) is 2.90. The van der Waals surface area contributed by atoms with Crippen molar-refractivity contribution >= 4 is 52.4 Å². The summed E-state index contributed by atoms with van der Waals surface area (Å²) in [6, 6.07) is 3.20. The van der Waals surface area contributed by atoms with Crippen molar-refractivity contribution in [3.05, 3.63) is 23.5 Å². The van der Waals surface area contributed by atoms with Crippen LogP contribution in [0.5, 0.6) is 0 Å². The van der Waals surface area contributed by atoms with E-state index < -0.39 is 28.2 Å². The molecule has 1 aromatic heterocycles. The van der Waals surface area contributed by atoms with Gasteiger partial charge >= 0.3 is 5.97 Å². The number of nitrogens with one attached hydrogen (secondary N) is 1. The van der Waals surface area contributed by atoms with Crippen molar-refractivity contribution < 1.29 is 14.3 Å². The second kappa shape index (κ2) is 5.39. The Morgan fingerprint density at radius 2 is 2.15 bits per heavy atom. The van der Waals surface area contributed by atoms with Gasteiger partial charge in [0, 0.05) is 12.6 Å². The first-order valence-corrected chi connectivity index (χ1v) is 6.85. The van der Waals surface area contributed by atoms with Crippen LogP contribution in [0.3, 0.4) is 0 Å². The Morgan fingerprint density at radius 3 is 2.70 bits per heavy atom. The summed E-state index contributed by atoms with van der Waals surface area (Å²) in [5.41, 5.74) is -0.612. The maximum atomic E-state index is 11.8. The number of halogens is 3. The second-order valence-corrected chi connectivity index (χ2v) is 6.52. The summed E-state index contributed by atoms with van der Waals surface area (Å²) >= 11 is 17.5. The van der Waals surface area contributed by atoms with Gasteiger partial charge in [-0.2, -0.15) is 0 Å². The molecule has 1 N–H and O–H groups in total. The highest BCUT2D eigenvalue weighted by molar-refractivity contribution is 6.53. The quantitative estimate of drug-likeness (QED) is 0.521. The van der Waals surface area contributed by atoms with Crippen LogP contribution in [0, 0.1) is 5.41 Å². The van der Waals surface area contributed by atoms with Gasteiger partial charge in [-0.15, -0.1) is 23.2 Å². The molecule has 1 aliphatic carbocycles. The molecule has 108 valence electrons. The number of hydrogen-bond donors (Lipinski definition) is 1. The largest absolute Gasteiger partial charge is 0.455 e. The molecule has 1 atom stereocenters. The SMILES string of the molecule is C[C@]1(C(=O)OCC(=O)Nc2cccnc2Cl)CC1(Cl)Cl. The Hall–Kier alpha value is -1.04. The molecule has 0 saturated heterocycles. The molecule has 1 aliphatic rings. The van der Waals surface area contributed by atoms with Crippen LogP contribution < -0.4 is 5.32 Å². The molecule has 1 amide bonds. The van der Waals surface area contributed by atoms with E-state index in [0.29, 0.717) is 12.1 Å². The van der Waals surface area contributed by atoms with Gasteiger partial charge in [-0.25, -0.2) is 4.98 Å². The van der Waals surface area contributed by atoms with E-state index in [1.54, 1.807) is 19.1 Å². The zero-order valence-electron chi connectivity index (χ0n) is 10.5. The molecule has 1 aromatic rings. The van der Waals surface area contributed by atoms with Gasteiger partial charge in [-0.3, -0.25) is 9.59 Å². The van der Waals surface area contributed by atoms with E-state index in [4.69, 9.17) is 39.5 Å². The topological polar surface area (TPSA) is 68.3 Å². The molecule has 0 bridgehead atoms. The minimum Gasteiger partial charge on any atom is -0.455 e. The van der Waals surface area contributed by atoms with Crippen molar-refractivity contribution in [2.24, 2.45) is 5.41 Å². The van der Waals surface area contributed by atoms with E-state index in [9.17, 15) is 9.59 Å². The molecule has 0 spiro atoms. The third kappa shape index (κ3) is 3.00. The van der Waals surface area contributed by atoms with Crippen molar-refractivity contribution in [3.63, 3.8) is 0 Å². The number of esters is 1. The lowest BCUT2D eigenvalue weighted by Gasteiger charge is -2.12. The van der Waals surface area contributed by atoms with Crippen LogP contribution in [0.25, 0.3) is 0 Å². The third-order valence-electron chi connectivity index (χ3n) is 3.08. The summed E-state index contributed by atoms with van der Waals surface area (Å²) in [4.78, 5) is 27.2. The number of hydrogen-bond acceptors (Lipinski definition) is 4. The number of rotatable bonds is 4. The van der Waals surface area contributed by atoms with Gasteiger partial charge in [0.2, 0.25) is 0 Å². The minimum absolute atomic E-state index is 0.155. The first-order valence-electron chi connectivity index (χ1n) is 5.72. The van der Waals surface area contributed by atoms with Crippen LogP contribution in [0.4, 0.5) is 5.69 Å². The number of alkyl halides is 2. The molecular weight excluding hydrogens is 327 g/mol. The molecule has 1 fully saturated rings. The first-order chi connectivity index (χ1) is 9.26. The van der Waals surface area contributed by atoms with Crippen LogP contribution in [0.2, 0.25) is 5.15 Å². The van der Waals surface area contributed by atoms with Gasteiger partial charge in [-0.05, 0) is 19.1 Å². The van der Waals surface area contributed by atoms with Gasteiger partial charge < -0.3 is 10.1 Å². The summed E-state index contributed by atoms with van der Waals surface area (Å²) in [5, 5.41) is 2.64. The highest BCUT2D eigenvalue weighted by Crippen LogP contribution is 2.64. The van der Waals surface area contributed by atoms with Gasteiger partial charge in [0.15, 0.2) is 11.8 Å². The zero-order chi connectivity index (χ0) is 15.0. The molecule has 0 aliphatic heterocycles. The number of carbonyl (C=O) groups excluding carboxylic acids is 2. The van der Waals surface area contributed by atoms with Crippen LogP contribution >= 0.6 is 34.8 Å². The van der Waals surface area contributed by atoms with Crippen LogP contribution in [-0.4, -0.2) is 27.8 Å². The Balaban J connectivity index is 1.85. The van der Waals surface area contributed by atoms with Crippen LogP contribution in [-0.2, 0) is 14.3 Å². The molecule has 2 rings (SSSR count). The number of aromatic nitrogens is 1. The van der Waals surface area contributed by atoms with Crippen molar-refractivity contribution in [1.82, 2.24) is 4.98 Å². The monoisotopic (exact) mass is 336 g/mol. The fourth-order valence-corrected chi connectivity index (χ4v) is 2.43. The van der Waals surface area contributed by atoms with Gasteiger partial charge in [0.05, 0.1) is 5.69 Å². The molecule has 0 unspecified atom stereocenters. The van der Waals surface area contributed by atoms with Gasteiger partial charge in [0.25, 0.3) is 5.91 Å². The summed E-state index contributed by atoms with van der Waals surface area (Å²) in [5.74, 6) is -1.12. The fourth-order valence-electron chi connectivity index (χ4n) is 1.58. The van der Waals surface area contributed by atoms with Crippen molar-refractivity contribution in [1.29, 1.82) is 0 Å². The fraction of sp³-hybridized carbons (Fsp3) is 0.417. The number of ether oxygens (including phenoxy) is 1. The molecule has 8 heteroatoms. The highest BCUT2D eigenvalue weighted by Gasteiger charge is 2.69. The molecule has 5 nitrogen and oxygen atoms in total. The van der Waals surface area contributed by atoms with E-state index in [1.165, 1.54) is 6.20 Å². The van der Waals surface area contributed by atoms with E-state index in [2.05, 4.69) is 10.3 Å². The van der Waals surface area contributed by atoms with E-state index in [-0.39, 0.29) is 5.15 Å². The normalized spacial score (nSPS) is 23.0. The molecule has 0 aromatic carbocycles. The van der Waals surface area contributed by atoms with Gasteiger partial charge in [-0.1, -0.05) is 11.6 Å². The minimum atomic E-state index is -1.12. The van der Waals surface area contributed by atoms with E-state index >= 15 is 0 Å². The van der Waals surface area contributed by atoms with Crippen molar-refractivity contribution in [2.45, 2.75) is 17.7 Å². The third-order valence-corrected chi connectivity index (χ3v) is 4.48. The molecule has 1 saturated carbocycles. The van der Waals surface area contributed by atoms with Crippen LogP contribution in [0.15, 0.2) is 18.3 Å². The van der Waals surface area contributed by atoms with E-state index in [1.807, 2.05) is 0 Å². The Morgan fingerprint density at radius 1 is 1.50 bits per heavy atom. The smallest absolute Gasteiger partial charge is 0.315 e. The molecule has 20 heavy (non-hydrogen) atoms. The summed E-state index contributed by atoms with van der Waals surface area (Å²) in [6.45, 7) is 1.15. The maximum Gasteiger partial charge on any atom is 0.315 e. The Bertz CT molecular complexity index is 565.